The maximum absolute atomic E-state index is 9.69. The molecule has 0 saturated heterocycles. The van der Waals surface area contributed by atoms with Crippen LogP contribution in [0.5, 0.6) is 0 Å². The molecule has 0 unspecified atom stereocenters. The Morgan fingerprint density at radius 3 is 2.70 bits per heavy atom. The summed E-state index contributed by atoms with van der Waals surface area (Å²) >= 11 is 0. The van der Waals surface area contributed by atoms with E-state index in [1.807, 2.05) is 18.2 Å². The van der Waals surface area contributed by atoms with Crippen molar-refractivity contribution in [3.05, 3.63) is 36.1 Å². The Labute approximate surface area is 120 Å². The van der Waals surface area contributed by atoms with Crippen LogP contribution >= 0.6 is 0 Å². The van der Waals surface area contributed by atoms with Crippen LogP contribution in [0.4, 0.5) is 0 Å². The number of nitrogens with one attached hydrogen (secondary N) is 1. The van der Waals surface area contributed by atoms with Gasteiger partial charge in [0.15, 0.2) is 0 Å². The molecule has 1 aliphatic carbocycles. The van der Waals surface area contributed by atoms with Gasteiger partial charge in [0.2, 0.25) is 0 Å². The van der Waals surface area contributed by atoms with Crippen molar-refractivity contribution in [3.63, 3.8) is 0 Å². The number of hydrogen-bond acceptors (Lipinski definition) is 3. The predicted octanol–water partition coefficient (Wildman–Crippen LogP) is 3.47. The van der Waals surface area contributed by atoms with Crippen LogP contribution in [0.25, 0.3) is 11.0 Å². The van der Waals surface area contributed by atoms with Crippen molar-refractivity contribution in [3.8, 4) is 0 Å². The van der Waals surface area contributed by atoms with Crippen LogP contribution in [0, 0.1) is 5.41 Å². The summed E-state index contributed by atoms with van der Waals surface area (Å²) in [7, 11) is 0. The molecule has 1 heterocycles. The molecule has 0 aliphatic heterocycles. The highest BCUT2D eigenvalue weighted by Crippen LogP contribution is 2.35. The zero-order valence-corrected chi connectivity index (χ0v) is 11.9. The molecule has 0 amide bonds. The lowest BCUT2D eigenvalue weighted by Crippen LogP contribution is -2.38. The summed E-state index contributed by atoms with van der Waals surface area (Å²) in [5.41, 5.74) is 1.03. The van der Waals surface area contributed by atoms with Gasteiger partial charge in [-0.15, -0.1) is 0 Å². The Balaban J connectivity index is 1.58. The van der Waals surface area contributed by atoms with Gasteiger partial charge in [0.1, 0.15) is 11.3 Å². The van der Waals surface area contributed by atoms with Crippen LogP contribution in [0.3, 0.4) is 0 Å². The summed E-state index contributed by atoms with van der Waals surface area (Å²) in [5.74, 6) is 0.968. The average Bonchev–Trinajstić information content (AvgIpc) is 2.91. The third-order valence-electron chi connectivity index (χ3n) is 4.53. The zero-order valence-electron chi connectivity index (χ0n) is 11.9. The second kappa shape index (κ2) is 5.98. The van der Waals surface area contributed by atoms with E-state index in [1.54, 1.807) is 0 Å². The van der Waals surface area contributed by atoms with E-state index in [4.69, 9.17) is 4.42 Å². The van der Waals surface area contributed by atoms with Crippen molar-refractivity contribution in [1.82, 2.24) is 5.32 Å². The van der Waals surface area contributed by atoms with Crippen LogP contribution < -0.4 is 5.32 Å². The van der Waals surface area contributed by atoms with Gasteiger partial charge in [0, 0.05) is 24.0 Å². The molecule has 3 heteroatoms. The first-order valence-corrected chi connectivity index (χ1v) is 7.60. The monoisotopic (exact) mass is 273 g/mol. The van der Waals surface area contributed by atoms with Crippen molar-refractivity contribution >= 4 is 11.0 Å². The van der Waals surface area contributed by atoms with Gasteiger partial charge in [-0.1, -0.05) is 37.5 Å². The molecule has 1 aromatic carbocycles. The Morgan fingerprint density at radius 2 is 1.95 bits per heavy atom. The first kappa shape index (κ1) is 13.7. The molecule has 0 spiro atoms. The molecular weight excluding hydrogens is 250 g/mol. The normalized spacial score (nSPS) is 18.4. The topological polar surface area (TPSA) is 45.4 Å². The van der Waals surface area contributed by atoms with Crippen LogP contribution in [0.2, 0.25) is 0 Å². The Kier molecular flexibility index (Phi) is 4.08. The van der Waals surface area contributed by atoms with E-state index in [0.717, 1.165) is 42.7 Å². The highest BCUT2D eigenvalue weighted by molar-refractivity contribution is 5.77. The Hall–Kier alpha value is -1.32. The number of fused-ring (bicyclic) bond motifs is 1. The maximum atomic E-state index is 9.69. The lowest BCUT2D eigenvalue weighted by molar-refractivity contribution is 0.0806. The molecule has 0 bridgehead atoms. The smallest absolute Gasteiger partial charge is 0.134 e. The van der Waals surface area contributed by atoms with Gasteiger partial charge in [-0.05, 0) is 25.0 Å². The number of aliphatic hydroxyl groups is 1. The number of aliphatic hydroxyl groups excluding tert-OH is 1. The van der Waals surface area contributed by atoms with Crippen LogP contribution in [0.1, 0.15) is 37.9 Å². The van der Waals surface area contributed by atoms with E-state index >= 15 is 0 Å². The van der Waals surface area contributed by atoms with E-state index in [-0.39, 0.29) is 5.41 Å². The quantitative estimate of drug-likeness (QED) is 0.877. The molecule has 1 aliphatic rings. The van der Waals surface area contributed by atoms with E-state index in [9.17, 15) is 5.11 Å². The molecule has 20 heavy (non-hydrogen) atoms. The van der Waals surface area contributed by atoms with Crippen LogP contribution in [0.15, 0.2) is 34.7 Å². The van der Waals surface area contributed by atoms with E-state index in [0.29, 0.717) is 6.61 Å². The lowest BCUT2D eigenvalue weighted by Gasteiger charge is -2.35. The number of para-hydroxylation sites is 1. The maximum Gasteiger partial charge on any atom is 0.134 e. The van der Waals surface area contributed by atoms with Gasteiger partial charge < -0.3 is 14.8 Å². The lowest BCUT2D eigenvalue weighted by atomic mass is 9.74. The summed E-state index contributed by atoms with van der Waals surface area (Å²) < 4.78 is 5.80. The first-order chi connectivity index (χ1) is 9.81. The summed E-state index contributed by atoms with van der Waals surface area (Å²) in [6.07, 6.45) is 6.07. The number of rotatable bonds is 5. The SMILES string of the molecule is OCC1(CNCc2cc3ccccc3o2)CCCCC1. The van der Waals surface area contributed by atoms with Gasteiger partial charge in [-0.25, -0.2) is 0 Å². The van der Waals surface area contributed by atoms with E-state index in [2.05, 4.69) is 17.4 Å². The van der Waals surface area contributed by atoms with Crippen molar-refractivity contribution in [1.29, 1.82) is 0 Å². The van der Waals surface area contributed by atoms with E-state index < -0.39 is 0 Å². The fourth-order valence-corrected chi connectivity index (χ4v) is 3.27. The van der Waals surface area contributed by atoms with Crippen molar-refractivity contribution < 1.29 is 9.52 Å². The molecule has 0 atom stereocenters. The van der Waals surface area contributed by atoms with Gasteiger partial charge in [0.05, 0.1) is 6.54 Å². The molecule has 1 saturated carbocycles. The average molecular weight is 273 g/mol. The summed E-state index contributed by atoms with van der Waals surface area (Å²) in [6.45, 7) is 1.90. The highest BCUT2D eigenvalue weighted by atomic mass is 16.3. The molecular formula is C17H23NO2. The summed E-state index contributed by atoms with van der Waals surface area (Å²) in [6, 6.07) is 10.2. The Bertz CT molecular complexity index is 522. The molecule has 1 aromatic heterocycles. The molecule has 2 N–H and O–H groups in total. The molecule has 3 nitrogen and oxygen atoms in total. The molecule has 2 aromatic rings. The van der Waals surface area contributed by atoms with E-state index in [1.165, 1.54) is 19.3 Å². The van der Waals surface area contributed by atoms with Gasteiger partial charge in [0.25, 0.3) is 0 Å². The Morgan fingerprint density at radius 1 is 1.15 bits per heavy atom. The third kappa shape index (κ3) is 2.89. The van der Waals surface area contributed by atoms with Crippen molar-refractivity contribution in [2.75, 3.05) is 13.2 Å². The summed E-state index contributed by atoms with van der Waals surface area (Å²) in [5, 5.41) is 14.3. The van der Waals surface area contributed by atoms with Gasteiger partial charge in [-0.2, -0.15) is 0 Å². The fourth-order valence-electron chi connectivity index (χ4n) is 3.27. The zero-order chi connectivity index (χ0) is 13.8. The molecule has 0 radical (unpaired) electrons. The molecule has 3 rings (SSSR count). The molecule has 108 valence electrons. The number of benzene rings is 1. The fraction of sp³-hybridized carbons (Fsp3) is 0.529. The number of hydrogen-bond donors (Lipinski definition) is 2. The first-order valence-electron chi connectivity index (χ1n) is 7.60. The standard InChI is InChI=1S/C17H23NO2/c19-13-17(8-4-1-5-9-17)12-18-11-15-10-14-6-2-3-7-16(14)20-15/h2-3,6-7,10,18-19H,1,4-5,8-9,11-13H2. The minimum Gasteiger partial charge on any atom is -0.460 e. The van der Waals surface area contributed by atoms with Crippen LogP contribution in [-0.4, -0.2) is 18.3 Å². The minimum atomic E-state index is 0.0876. The highest BCUT2D eigenvalue weighted by Gasteiger charge is 2.30. The van der Waals surface area contributed by atoms with Crippen LogP contribution in [-0.2, 0) is 6.54 Å². The predicted molar refractivity (Wildman–Crippen MR) is 80.5 cm³/mol. The second-order valence-electron chi connectivity index (χ2n) is 6.07. The number of furan rings is 1. The van der Waals surface area contributed by atoms with Gasteiger partial charge >= 0.3 is 0 Å². The minimum absolute atomic E-state index is 0.0876. The molecule has 1 fully saturated rings. The second-order valence-corrected chi connectivity index (χ2v) is 6.07. The summed E-state index contributed by atoms with van der Waals surface area (Å²) in [4.78, 5) is 0. The van der Waals surface area contributed by atoms with Gasteiger partial charge in [-0.3, -0.25) is 0 Å². The van der Waals surface area contributed by atoms with Crippen molar-refractivity contribution in [2.24, 2.45) is 5.41 Å². The van der Waals surface area contributed by atoms with Crippen molar-refractivity contribution in [2.45, 2.75) is 38.6 Å². The largest absolute Gasteiger partial charge is 0.460 e. The third-order valence-corrected chi connectivity index (χ3v) is 4.53.